The van der Waals surface area contributed by atoms with E-state index in [-0.39, 0.29) is 17.1 Å². The van der Waals surface area contributed by atoms with Gasteiger partial charge in [0.15, 0.2) is 11.2 Å². The van der Waals surface area contributed by atoms with Crippen LogP contribution in [0.25, 0.3) is 11.2 Å². The molecule has 0 bridgehead atoms. The number of aromatic nitrogens is 4. The fourth-order valence-electron chi connectivity index (χ4n) is 3.95. The van der Waals surface area contributed by atoms with Crippen molar-refractivity contribution in [3.05, 3.63) is 43.2 Å². The molecular weight excluding hydrogens is 404 g/mol. The lowest BCUT2D eigenvalue weighted by atomic mass is 10.1. The Morgan fingerprint density at radius 2 is 1.97 bits per heavy atom. The quantitative estimate of drug-likeness (QED) is 0.642. The van der Waals surface area contributed by atoms with E-state index in [0.717, 1.165) is 42.2 Å². The van der Waals surface area contributed by atoms with E-state index in [1.807, 2.05) is 0 Å². The van der Waals surface area contributed by atoms with Crippen LogP contribution in [0.2, 0.25) is 0 Å². The van der Waals surface area contributed by atoms with Crippen molar-refractivity contribution in [1.82, 2.24) is 18.7 Å². The highest BCUT2D eigenvalue weighted by atomic mass is 32.1. The van der Waals surface area contributed by atoms with Gasteiger partial charge in [0.1, 0.15) is 17.1 Å². The molecule has 3 aromatic heterocycles. The third-order valence-electron chi connectivity index (χ3n) is 5.74. The van der Waals surface area contributed by atoms with E-state index >= 15 is 0 Å². The average Bonchev–Trinajstić information content (AvgIpc) is 3.24. The Kier molecular flexibility index (Phi) is 5.07. The number of nitriles is 1. The molecule has 9 nitrogen and oxygen atoms in total. The lowest BCUT2D eigenvalue weighted by molar-refractivity contribution is -0.118. The van der Waals surface area contributed by atoms with Crippen molar-refractivity contribution in [2.45, 2.75) is 45.1 Å². The number of carbonyl (C=O) groups excluding carboxylic acids is 1. The molecule has 10 heteroatoms. The van der Waals surface area contributed by atoms with Gasteiger partial charge in [0.25, 0.3) is 5.56 Å². The SMILES string of the molecule is C[C@@H](C(=O)Nc1sc2c(c1C#N)CCCCC2)n1cnc2c1c(=O)n(C)c(=O)n2C. The zero-order valence-electron chi connectivity index (χ0n) is 17.1. The number of thiophene rings is 1. The Bertz CT molecular complexity index is 1320. The van der Waals surface area contributed by atoms with Crippen LogP contribution in [0, 0.1) is 11.3 Å². The number of fused-ring (bicyclic) bond motifs is 2. The Morgan fingerprint density at radius 3 is 2.70 bits per heavy atom. The maximum absolute atomic E-state index is 13.0. The van der Waals surface area contributed by atoms with Crippen LogP contribution < -0.4 is 16.6 Å². The first-order valence-corrected chi connectivity index (χ1v) is 10.6. The maximum atomic E-state index is 13.0. The zero-order chi connectivity index (χ0) is 21.6. The van der Waals surface area contributed by atoms with Gasteiger partial charge in [-0.3, -0.25) is 18.7 Å². The molecule has 1 aliphatic rings. The second-order valence-electron chi connectivity index (χ2n) is 7.58. The Balaban J connectivity index is 1.70. The summed E-state index contributed by atoms with van der Waals surface area (Å²) >= 11 is 1.47. The smallest absolute Gasteiger partial charge is 0.315 e. The van der Waals surface area contributed by atoms with Crippen LogP contribution in [0.5, 0.6) is 0 Å². The molecule has 3 heterocycles. The van der Waals surface area contributed by atoms with Crippen molar-refractivity contribution in [2.75, 3.05) is 5.32 Å². The van der Waals surface area contributed by atoms with Crippen LogP contribution in [0.1, 0.15) is 48.2 Å². The number of hydrogen-bond donors (Lipinski definition) is 1. The Morgan fingerprint density at radius 1 is 1.23 bits per heavy atom. The number of aryl methyl sites for hydroxylation is 2. The minimum atomic E-state index is -0.756. The van der Waals surface area contributed by atoms with Crippen molar-refractivity contribution in [3.63, 3.8) is 0 Å². The molecule has 1 atom stereocenters. The van der Waals surface area contributed by atoms with E-state index in [4.69, 9.17) is 0 Å². The van der Waals surface area contributed by atoms with Crippen molar-refractivity contribution in [3.8, 4) is 6.07 Å². The van der Waals surface area contributed by atoms with Gasteiger partial charge in [-0.2, -0.15) is 5.26 Å². The molecule has 1 aliphatic carbocycles. The highest BCUT2D eigenvalue weighted by Crippen LogP contribution is 2.37. The minimum Gasteiger partial charge on any atom is -0.315 e. The van der Waals surface area contributed by atoms with Crippen LogP contribution in [-0.4, -0.2) is 24.6 Å². The highest BCUT2D eigenvalue weighted by Gasteiger charge is 2.25. The fourth-order valence-corrected chi connectivity index (χ4v) is 5.19. The first kappa shape index (κ1) is 20.1. The van der Waals surface area contributed by atoms with Crippen LogP contribution in [0.3, 0.4) is 0 Å². The number of hydrogen-bond acceptors (Lipinski definition) is 6. The first-order chi connectivity index (χ1) is 14.3. The van der Waals surface area contributed by atoms with E-state index in [2.05, 4.69) is 16.4 Å². The van der Waals surface area contributed by atoms with Gasteiger partial charge >= 0.3 is 5.69 Å². The van der Waals surface area contributed by atoms with Crippen molar-refractivity contribution < 1.29 is 4.79 Å². The summed E-state index contributed by atoms with van der Waals surface area (Å²) in [5, 5.41) is 13.1. The fraction of sp³-hybridized carbons (Fsp3) is 0.450. The van der Waals surface area contributed by atoms with E-state index in [9.17, 15) is 19.6 Å². The number of nitrogens with one attached hydrogen (secondary N) is 1. The van der Waals surface area contributed by atoms with Gasteiger partial charge in [0, 0.05) is 19.0 Å². The summed E-state index contributed by atoms with van der Waals surface area (Å²) in [6.45, 7) is 1.66. The number of nitrogens with zero attached hydrogens (tertiary/aromatic N) is 5. The van der Waals surface area contributed by atoms with Gasteiger partial charge in [-0.25, -0.2) is 9.78 Å². The van der Waals surface area contributed by atoms with E-state index < -0.39 is 17.3 Å². The molecule has 1 N–H and O–H groups in total. The molecule has 0 aliphatic heterocycles. The Hall–Kier alpha value is -3.19. The van der Waals surface area contributed by atoms with Gasteiger partial charge in [0.2, 0.25) is 5.91 Å². The zero-order valence-corrected chi connectivity index (χ0v) is 17.9. The normalized spacial score (nSPS) is 14.7. The lowest BCUT2D eigenvalue weighted by Crippen LogP contribution is -2.38. The van der Waals surface area contributed by atoms with E-state index in [0.29, 0.717) is 10.6 Å². The van der Waals surface area contributed by atoms with Crippen molar-refractivity contribution in [1.29, 1.82) is 5.26 Å². The first-order valence-electron chi connectivity index (χ1n) is 9.83. The molecule has 0 fully saturated rings. The summed E-state index contributed by atoms with van der Waals surface area (Å²) < 4.78 is 3.74. The number of carbonyl (C=O) groups is 1. The summed E-state index contributed by atoms with van der Waals surface area (Å²) in [6, 6.07) is 1.50. The monoisotopic (exact) mass is 426 g/mol. The lowest BCUT2D eigenvalue weighted by Gasteiger charge is -2.14. The molecule has 156 valence electrons. The van der Waals surface area contributed by atoms with Gasteiger partial charge in [0.05, 0.1) is 11.9 Å². The largest absolute Gasteiger partial charge is 0.332 e. The van der Waals surface area contributed by atoms with Gasteiger partial charge in [-0.15, -0.1) is 11.3 Å². The van der Waals surface area contributed by atoms with Crippen LogP contribution >= 0.6 is 11.3 Å². The standard InChI is InChI=1S/C20H22N6O3S/c1-11(26-10-22-16-15(26)19(28)25(3)20(29)24(16)2)17(27)23-18-13(9-21)12-7-5-4-6-8-14(12)30-18/h10-11H,4-8H2,1-3H3,(H,23,27)/t11-/m0/s1. The van der Waals surface area contributed by atoms with Gasteiger partial charge in [-0.05, 0) is 38.2 Å². The predicted molar refractivity (Wildman–Crippen MR) is 114 cm³/mol. The van der Waals surface area contributed by atoms with E-state index in [1.165, 1.54) is 45.8 Å². The maximum Gasteiger partial charge on any atom is 0.332 e. The molecule has 4 rings (SSSR count). The van der Waals surface area contributed by atoms with Gasteiger partial charge < -0.3 is 9.88 Å². The topological polar surface area (TPSA) is 115 Å². The molecule has 30 heavy (non-hydrogen) atoms. The molecule has 3 aromatic rings. The van der Waals surface area contributed by atoms with Crippen molar-refractivity contribution >= 4 is 33.4 Å². The van der Waals surface area contributed by atoms with Crippen LogP contribution in [0.4, 0.5) is 5.00 Å². The average molecular weight is 427 g/mol. The molecule has 0 aromatic carbocycles. The molecule has 0 unspecified atom stereocenters. The van der Waals surface area contributed by atoms with Crippen LogP contribution in [-0.2, 0) is 31.7 Å². The van der Waals surface area contributed by atoms with Crippen molar-refractivity contribution in [2.24, 2.45) is 14.1 Å². The molecule has 0 saturated heterocycles. The second kappa shape index (κ2) is 7.57. The number of rotatable bonds is 3. The van der Waals surface area contributed by atoms with E-state index in [1.54, 1.807) is 6.92 Å². The summed E-state index contributed by atoms with van der Waals surface area (Å²) in [7, 11) is 2.92. The molecule has 0 saturated carbocycles. The highest BCUT2D eigenvalue weighted by molar-refractivity contribution is 7.16. The summed E-state index contributed by atoms with van der Waals surface area (Å²) in [5.41, 5.74) is 1.03. The summed E-state index contributed by atoms with van der Waals surface area (Å²) in [5.74, 6) is -0.349. The molecule has 1 amide bonds. The van der Waals surface area contributed by atoms with Gasteiger partial charge in [-0.1, -0.05) is 6.42 Å². The predicted octanol–water partition coefficient (Wildman–Crippen LogP) is 1.84. The third-order valence-corrected chi connectivity index (χ3v) is 6.95. The molecule has 0 spiro atoms. The number of amides is 1. The van der Waals surface area contributed by atoms with Crippen LogP contribution in [0.15, 0.2) is 15.9 Å². The molecular formula is C20H22N6O3S. The summed E-state index contributed by atoms with van der Waals surface area (Å²) in [6.07, 6.45) is 6.46. The number of anilines is 1. The molecule has 0 radical (unpaired) electrons. The number of imidazole rings is 1. The third kappa shape index (κ3) is 3.06. The minimum absolute atomic E-state index is 0.185. The second-order valence-corrected chi connectivity index (χ2v) is 8.68. The summed E-state index contributed by atoms with van der Waals surface area (Å²) in [4.78, 5) is 43.1. The Labute approximate surface area is 176 Å².